The lowest BCUT2D eigenvalue weighted by Gasteiger charge is -2.38. The van der Waals surface area contributed by atoms with E-state index in [9.17, 15) is 32.0 Å². The van der Waals surface area contributed by atoms with Crippen LogP contribution >= 0.6 is 11.3 Å². The normalized spacial score (nSPS) is 18.1. The summed E-state index contributed by atoms with van der Waals surface area (Å²) in [5, 5.41) is 9.76. The van der Waals surface area contributed by atoms with Gasteiger partial charge in [0.15, 0.2) is 11.6 Å². The van der Waals surface area contributed by atoms with E-state index in [1.807, 2.05) is 43.7 Å². The molecule has 1 fully saturated rings. The molecular formula is C45H62F6N4O2S. The number of aliphatic imine (C=N–C) groups is 1. The van der Waals surface area contributed by atoms with E-state index in [-0.39, 0.29) is 56.1 Å². The number of alkyl halides is 4. The van der Waals surface area contributed by atoms with Crippen molar-refractivity contribution >= 4 is 38.5 Å². The van der Waals surface area contributed by atoms with Gasteiger partial charge in [-0.05, 0) is 96.2 Å². The standard InChI is InChI=1S/C34H40F5N3OS.C5H10FN.C4H6O.C2H6/c1-10-19(5)12-15-28(18(3)4)42(11-2)20(6)24-16-26(34(37,38)39)30(31(36)32(24)41-22(8)43-9)23-13-14-27(35)33-29(23)25(17-40)21(7)44-33;1-7-3-2-5(6)4-7;1-3-4(2)5;1-2/h13-14,16,18-19,28H,8,10-12,15H2,1-7,9H3;5H,2-4H2,1H3;3H,1H2,2H3;1-2H3/b24-20+,41-32+;;;. The van der Waals surface area contributed by atoms with E-state index < -0.39 is 35.1 Å². The molecule has 2 aliphatic rings. The van der Waals surface area contributed by atoms with Crippen LogP contribution in [-0.4, -0.2) is 73.5 Å². The Morgan fingerprint density at radius 3 is 2.19 bits per heavy atom. The second-order valence-electron chi connectivity index (χ2n) is 14.4. The first-order valence-electron chi connectivity index (χ1n) is 19.7. The maximum atomic E-state index is 16.9. The molecule has 4 rings (SSSR count). The first kappa shape index (κ1) is 51.9. The fourth-order valence-corrected chi connectivity index (χ4v) is 7.61. The van der Waals surface area contributed by atoms with Crippen molar-refractivity contribution in [3.63, 3.8) is 0 Å². The Hall–Kier alpha value is -4.15. The molecule has 0 saturated carbocycles. The third-order valence-electron chi connectivity index (χ3n) is 9.97. The zero-order chi connectivity index (χ0) is 44.7. The van der Waals surface area contributed by atoms with Crippen molar-refractivity contribution < 1.29 is 35.9 Å². The smallest absolute Gasteiger partial charge is 0.417 e. The summed E-state index contributed by atoms with van der Waals surface area (Å²) in [6.07, 6.45) is 0.127. The number of methoxy groups -OCH3 is 1. The maximum Gasteiger partial charge on any atom is 0.417 e. The minimum atomic E-state index is -4.99. The van der Waals surface area contributed by atoms with Crippen LogP contribution in [0.2, 0.25) is 0 Å². The number of ketones is 1. The van der Waals surface area contributed by atoms with Gasteiger partial charge < -0.3 is 14.5 Å². The molecule has 2 heterocycles. The van der Waals surface area contributed by atoms with Gasteiger partial charge in [0.1, 0.15) is 23.8 Å². The lowest BCUT2D eigenvalue weighted by molar-refractivity contribution is -0.112. The van der Waals surface area contributed by atoms with Crippen molar-refractivity contribution in [3.8, 4) is 6.07 Å². The second-order valence-corrected chi connectivity index (χ2v) is 15.6. The van der Waals surface area contributed by atoms with Crippen LogP contribution < -0.4 is 0 Å². The fourth-order valence-electron chi connectivity index (χ4n) is 6.58. The Balaban J connectivity index is 0.00000102. The topological polar surface area (TPSA) is 68.9 Å². The summed E-state index contributed by atoms with van der Waals surface area (Å²) >= 11 is 0.936. The minimum absolute atomic E-state index is 0.00289. The largest absolute Gasteiger partial charge is 0.481 e. The zero-order valence-electron chi connectivity index (χ0n) is 36.3. The molecule has 322 valence electrons. The highest BCUT2D eigenvalue weighted by atomic mass is 32.1. The quantitative estimate of drug-likeness (QED) is 0.121. The number of halogens is 6. The van der Waals surface area contributed by atoms with Gasteiger partial charge in [0, 0.05) is 52.8 Å². The molecule has 3 unspecified atom stereocenters. The third-order valence-corrected chi connectivity index (χ3v) is 11.1. The highest BCUT2D eigenvalue weighted by molar-refractivity contribution is 7.19. The summed E-state index contributed by atoms with van der Waals surface area (Å²) in [7, 11) is 3.23. The molecular weight excluding hydrogens is 775 g/mol. The van der Waals surface area contributed by atoms with Gasteiger partial charge in [0.2, 0.25) is 5.88 Å². The molecule has 58 heavy (non-hydrogen) atoms. The minimum Gasteiger partial charge on any atom is -0.481 e. The molecule has 6 nitrogen and oxygen atoms in total. The van der Waals surface area contributed by atoms with Crippen LogP contribution in [0.3, 0.4) is 0 Å². The fraction of sp³-hybridized carbons (Fsp3) is 0.533. The first-order chi connectivity index (χ1) is 27.2. The Labute approximate surface area is 346 Å². The number of aryl methyl sites for hydroxylation is 1. The molecule has 1 aromatic heterocycles. The number of allylic oxidation sites excluding steroid dienone is 7. The number of nitrogens with zero attached hydrogens (tertiary/aromatic N) is 4. The zero-order valence-corrected chi connectivity index (χ0v) is 37.1. The van der Waals surface area contributed by atoms with E-state index in [0.29, 0.717) is 29.6 Å². The van der Waals surface area contributed by atoms with Gasteiger partial charge in [0.25, 0.3) is 0 Å². The number of nitriles is 1. The van der Waals surface area contributed by atoms with E-state index in [0.717, 1.165) is 61.8 Å². The Kier molecular flexibility index (Phi) is 21.5. The summed E-state index contributed by atoms with van der Waals surface area (Å²) < 4.78 is 93.6. The monoisotopic (exact) mass is 836 g/mol. The van der Waals surface area contributed by atoms with E-state index in [2.05, 4.69) is 45.8 Å². The number of hydrogen-bond donors (Lipinski definition) is 0. The van der Waals surface area contributed by atoms with Crippen molar-refractivity contribution in [2.24, 2.45) is 16.8 Å². The average molecular weight is 837 g/mol. The Morgan fingerprint density at radius 1 is 1.17 bits per heavy atom. The molecule has 0 spiro atoms. The van der Waals surface area contributed by atoms with Crippen molar-refractivity contribution in [3.05, 3.63) is 87.8 Å². The molecule has 3 atom stereocenters. The van der Waals surface area contributed by atoms with E-state index in [4.69, 9.17) is 4.74 Å². The van der Waals surface area contributed by atoms with Gasteiger partial charge in [0.05, 0.1) is 22.9 Å². The van der Waals surface area contributed by atoms with Crippen LogP contribution in [0.4, 0.5) is 26.3 Å². The molecule has 2 aromatic rings. The van der Waals surface area contributed by atoms with Gasteiger partial charge in [-0.1, -0.05) is 60.6 Å². The number of carbonyl (C=O) groups excluding carboxylic acids is 1. The van der Waals surface area contributed by atoms with Crippen molar-refractivity contribution in [1.82, 2.24) is 9.80 Å². The molecule has 0 amide bonds. The summed E-state index contributed by atoms with van der Waals surface area (Å²) in [5.74, 6) is -1.51. The predicted octanol–water partition coefficient (Wildman–Crippen LogP) is 12.9. The van der Waals surface area contributed by atoms with Gasteiger partial charge in [-0.15, -0.1) is 11.3 Å². The molecule has 13 heteroatoms. The molecule has 0 bridgehead atoms. The number of likely N-dealkylation sites (tertiary alicyclic amines) is 1. The number of benzene rings is 1. The molecule has 1 aromatic carbocycles. The molecule has 0 N–H and O–H groups in total. The van der Waals surface area contributed by atoms with Gasteiger partial charge in [-0.25, -0.2) is 18.2 Å². The SMILES string of the molecule is C=C(/N=C1/C(F)=C(c2ccc(F)c3sc(C)c(C#N)c23)C(C(F)(F)F)=C/C1=C(/C)N(CC)C(CCC(C)CC)C(C)C)OC.C=CC(C)=O.CC.CN1CCC(F)C1. The molecule has 1 aliphatic carbocycles. The number of carbonyl (C=O) groups is 1. The van der Waals surface area contributed by atoms with Crippen LogP contribution in [0.5, 0.6) is 0 Å². The lowest BCUT2D eigenvalue weighted by atomic mass is 9.84. The molecule has 1 saturated heterocycles. The number of hydrogen-bond acceptors (Lipinski definition) is 7. The van der Waals surface area contributed by atoms with Crippen LogP contribution in [0.15, 0.2) is 71.0 Å². The Morgan fingerprint density at radius 2 is 1.78 bits per heavy atom. The number of rotatable bonds is 12. The van der Waals surface area contributed by atoms with Gasteiger partial charge >= 0.3 is 6.18 Å². The van der Waals surface area contributed by atoms with Crippen molar-refractivity contribution in [1.29, 1.82) is 5.26 Å². The van der Waals surface area contributed by atoms with Crippen LogP contribution in [0.1, 0.15) is 104 Å². The summed E-state index contributed by atoms with van der Waals surface area (Å²) in [6, 6.07) is 4.02. The second kappa shape index (κ2) is 24.1. The first-order valence-corrected chi connectivity index (χ1v) is 20.6. The lowest BCUT2D eigenvalue weighted by Crippen LogP contribution is -2.39. The summed E-state index contributed by atoms with van der Waals surface area (Å²) in [6.45, 7) is 28.0. The predicted molar refractivity (Wildman–Crippen MR) is 229 cm³/mol. The van der Waals surface area contributed by atoms with Gasteiger partial charge in [-0.2, -0.15) is 18.4 Å². The number of fused-ring (bicyclic) bond motifs is 1. The van der Waals surface area contributed by atoms with Crippen LogP contribution in [-0.2, 0) is 9.53 Å². The van der Waals surface area contributed by atoms with E-state index in [1.54, 1.807) is 13.8 Å². The molecule has 0 radical (unpaired) electrons. The summed E-state index contributed by atoms with van der Waals surface area (Å²) in [5.41, 5.74) is -2.28. The van der Waals surface area contributed by atoms with Gasteiger partial charge in [-0.3, -0.25) is 4.79 Å². The number of thiophene rings is 1. The summed E-state index contributed by atoms with van der Waals surface area (Å²) in [4.78, 5) is 18.3. The van der Waals surface area contributed by atoms with E-state index >= 15 is 4.39 Å². The average Bonchev–Trinajstić information content (AvgIpc) is 3.74. The maximum absolute atomic E-state index is 16.9. The van der Waals surface area contributed by atoms with Crippen LogP contribution in [0.25, 0.3) is 15.7 Å². The highest BCUT2D eigenvalue weighted by Gasteiger charge is 2.43. The van der Waals surface area contributed by atoms with Crippen LogP contribution in [0, 0.1) is 35.9 Å². The Bertz CT molecular complexity index is 1890. The number of ether oxygens (including phenoxy) is 1. The van der Waals surface area contributed by atoms with Crippen molar-refractivity contribution in [2.45, 2.75) is 113 Å². The molecule has 1 aliphatic heterocycles. The third kappa shape index (κ3) is 13.7. The van der Waals surface area contributed by atoms with Crippen molar-refractivity contribution in [2.75, 3.05) is 33.8 Å². The van der Waals surface area contributed by atoms with E-state index in [1.165, 1.54) is 20.1 Å². The highest BCUT2D eigenvalue weighted by Crippen LogP contribution is 2.48.